The minimum Gasteiger partial charge on any atom is -0.338 e. The molecule has 6 heteroatoms. The molecular weight excluding hydrogens is 300 g/mol. The second-order valence-corrected chi connectivity index (χ2v) is 5.62. The molecule has 1 fully saturated rings. The molecule has 2 N–H and O–H groups in total. The summed E-state index contributed by atoms with van der Waals surface area (Å²) in [5, 5.41) is 3.98. The van der Waals surface area contributed by atoms with Crippen LogP contribution in [0, 0.1) is 0 Å². The summed E-state index contributed by atoms with van der Waals surface area (Å²) < 4.78 is 5.06. The summed E-state index contributed by atoms with van der Waals surface area (Å²) in [4.78, 5) is 6.70. The Balaban J connectivity index is 0.00000176. The summed E-state index contributed by atoms with van der Waals surface area (Å²) in [6, 6.07) is 10.8. The Kier molecular flexibility index (Phi) is 6.36. The highest BCUT2D eigenvalue weighted by Gasteiger charge is 2.19. The summed E-state index contributed by atoms with van der Waals surface area (Å²) >= 11 is 0. The van der Waals surface area contributed by atoms with Gasteiger partial charge in [0.1, 0.15) is 0 Å². The maximum atomic E-state index is 5.49. The number of aromatic nitrogens is 2. The van der Waals surface area contributed by atoms with Gasteiger partial charge in [-0.05, 0) is 43.8 Å². The predicted molar refractivity (Wildman–Crippen MR) is 87.7 cm³/mol. The number of rotatable bonds is 4. The molecule has 3 rings (SSSR count). The zero-order valence-electron chi connectivity index (χ0n) is 12.6. The molecule has 5 nitrogen and oxygen atoms in total. The average molecular weight is 323 g/mol. The van der Waals surface area contributed by atoms with E-state index in [4.69, 9.17) is 10.3 Å². The van der Waals surface area contributed by atoms with E-state index in [-0.39, 0.29) is 12.4 Å². The second-order valence-electron chi connectivity index (χ2n) is 5.62. The molecule has 1 aliphatic heterocycles. The van der Waals surface area contributed by atoms with Gasteiger partial charge in [0, 0.05) is 0 Å². The normalized spacial score (nSPS) is 19.4. The molecule has 0 aliphatic carbocycles. The van der Waals surface area contributed by atoms with E-state index in [1.807, 2.05) is 0 Å². The Bertz CT molecular complexity index is 560. The Morgan fingerprint density at radius 1 is 1.18 bits per heavy atom. The zero-order valence-corrected chi connectivity index (χ0v) is 13.5. The lowest BCUT2D eigenvalue weighted by molar-refractivity contribution is 0.263. The quantitative estimate of drug-likeness (QED) is 0.937. The summed E-state index contributed by atoms with van der Waals surface area (Å²) in [6.07, 6.45) is 3.65. The first-order valence-corrected chi connectivity index (χ1v) is 7.64. The van der Waals surface area contributed by atoms with Crippen LogP contribution in [0.25, 0.3) is 0 Å². The van der Waals surface area contributed by atoms with Crippen molar-refractivity contribution in [1.29, 1.82) is 0 Å². The van der Waals surface area contributed by atoms with Gasteiger partial charge in [-0.1, -0.05) is 35.5 Å². The fourth-order valence-corrected chi connectivity index (χ4v) is 3.01. The predicted octanol–water partition coefficient (Wildman–Crippen LogP) is 2.72. The summed E-state index contributed by atoms with van der Waals surface area (Å²) in [6.45, 7) is 3.23. The third-order valence-electron chi connectivity index (χ3n) is 4.14. The van der Waals surface area contributed by atoms with E-state index < -0.39 is 0 Å². The SMILES string of the molecule is Cl.NCc1nc(CN2CCCC(c3ccccc3)CC2)no1. The smallest absolute Gasteiger partial charge is 0.240 e. The van der Waals surface area contributed by atoms with Crippen LogP contribution in [-0.2, 0) is 13.1 Å². The molecule has 22 heavy (non-hydrogen) atoms. The Labute approximate surface area is 137 Å². The number of nitrogens with zero attached hydrogens (tertiary/aromatic N) is 3. The van der Waals surface area contributed by atoms with Gasteiger partial charge in [-0.25, -0.2) is 0 Å². The number of likely N-dealkylation sites (tertiary alicyclic amines) is 1. The van der Waals surface area contributed by atoms with Crippen LogP contribution in [0.1, 0.15) is 42.5 Å². The van der Waals surface area contributed by atoms with Gasteiger partial charge in [-0.15, -0.1) is 12.4 Å². The molecule has 1 aromatic carbocycles. The Morgan fingerprint density at radius 2 is 2.00 bits per heavy atom. The summed E-state index contributed by atoms with van der Waals surface area (Å²) in [5.41, 5.74) is 6.96. The molecule has 0 spiro atoms. The van der Waals surface area contributed by atoms with Gasteiger partial charge in [0.2, 0.25) is 5.89 Å². The van der Waals surface area contributed by atoms with Crippen molar-refractivity contribution in [2.24, 2.45) is 5.73 Å². The molecule has 2 heterocycles. The van der Waals surface area contributed by atoms with Crippen LogP contribution in [0.4, 0.5) is 0 Å². The second kappa shape index (κ2) is 8.27. The maximum Gasteiger partial charge on any atom is 0.240 e. The molecule has 1 saturated heterocycles. The van der Waals surface area contributed by atoms with Crippen LogP contribution in [-0.4, -0.2) is 28.1 Å². The number of halogens is 1. The summed E-state index contributed by atoms with van der Waals surface area (Å²) in [7, 11) is 0. The lowest BCUT2D eigenvalue weighted by atomic mass is 9.92. The summed E-state index contributed by atoms with van der Waals surface area (Å²) in [5.74, 6) is 1.93. The highest BCUT2D eigenvalue weighted by atomic mass is 35.5. The highest BCUT2D eigenvalue weighted by molar-refractivity contribution is 5.85. The largest absolute Gasteiger partial charge is 0.338 e. The van der Waals surface area contributed by atoms with Gasteiger partial charge in [-0.3, -0.25) is 4.90 Å². The number of hydrogen-bond donors (Lipinski definition) is 1. The monoisotopic (exact) mass is 322 g/mol. The van der Waals surface area contributed by atoms with Crippen molar-refractivity contribution in [3.63, 3.8) is 0 Å². The van der Waals surface area contributed by atoms with Crippen molar-refractivity contribution in [3.05, 3.63) is 47.6 Å². The van der Waals surface area contributed by atoms with E-state index in [1.54, 1.807) is 0 Å². The maximum absolute atomic E-state index is 5.49. The lowest BCUT2D eigenvalue weighted by Gasteiger charge is -2.18. The zero-order chi connectivity index (χ0) is 14.5. The minimum absolute atomic E-state index is 0. The van der Waals surface area contributed by atoms with E-state index in [0.717, 1.165) is 25.5 Å². The molecule has 0 bridgehead atoms. The van der Waals surface area contributed by atoms with Crippen molar-refractivity contribution in [2.75, 3.05) is 13.1 Å². The molecule has 1 atom stereocenters. The molecule has 0 radical (unpaired) electrons. The first kappa shape index (κ1) is 16.9. The molecule has 2 aromatic rings. The highest BCUT2D eigenvalue weighted by Crippen LogP contribution is 2.28. The van der Waals surface area contributed by atoms with Gasteiger partial charge in [-0.2, -0.15) is 4.98 Å². The number of hydrogen-bond acceptors (Lipinski definition) is 5. The van der Waals surface area contributed by atoms with Gasteiger partial charge in [0.05, 0.1) is 13.1 Å². The third kappa shape index (κ3) is 4.29. The molecule has 1 unspecified atom stereocenters. The Morgan fingerprint density at radius 3 is 2.73 bits per heavy atom. The molecule has 1 aromatic heterocycles. The van der Waals surface area contributed by atoms with E-state index in [1.165, 1.54) is 24.8 Å². The van der Waals surface area contributed by atoms with E-state index in [9.17, 15) is 0 Å². The van der Waals surface area contributed by atoms with Crippen LogP contribution in [0.5, 0.6) is 0 Å². The number of nitrogens with two attached hydrogens (primary N) is 1. The molecule has 120 valence electrons. The van der Waals surface area contributed by atoms with Gasteiger partial charge < -0.3 is 10.3 Å². The van der Waals surface area contributed by atoms with Crippen LogP contribution in [0.2, 0.25) is 0 Å². The van der Waals surface area contributed by atoms with Gasteiger partial charge in [0.25, 0.3) is 0 Å². The van der Waals surface area contributed by atoms with Crippen molar-refractivity contribution < 1.29 is 4.52 Å². The first-order chi connectivity index (χ1) is 10.3. The van der Waals surface area contributed by atoms with Crippen LogP contribution < -0.4 is 5.73 Å². The van der Waals surface area contributed by atoms with Gasteiger partial charge >= 0.3 is 0 Å². The first-order valence-electron chi connectivity index (χ1n) is 7.64. The minimum atomic E-state index is 0. The average Bonchev–Trinajstić information content (AvgIpc) is 2.85. The fraction of sp³-hybridized carbons (Fsp3) is 0.500. The van der Waals surface area contributed by atoms with E-state index >= 15 is 0 Å². The van der Waals surface area contributed by atoms with Crippen LogP contribution in [0.3, 0.4) is 0 Å². The van der Waals surface area contributed by atoms with Crippen LogP contribution in [0.15, 0.2) is 34.9 Å². The van der Waals surface area contributed by atoms with Gasteiger partial charge in [0.15, 0.2) is 5.82 Å². The molecular formula is C16H23ClN4O. The third-order valence-corrected chi connectivity index (χ3v) is 4.14. The number of benzene rings is 1. The molecule has 0 amide bonds. The topological polar surface area (TPSA) is 68.2 Å². The fourth-order valence-electron chi connectivity index (χ4n) is 3.01. The van der Waals surface area contributed by atoms with Crippen LogP contribution >= 0.6 is 12.4 Å². The van der Waals surface area contributed by atoms with E-state index in [2.05, 4.69) is 45.4 Å². The van der Waals surface area contributed by atoms with Crippen molar-refractivity contribution in [3.8, 4) is 0 Å². The molecule has 1 aliphatic rings. The lowest BCUT2D eigenvalue weighted by Crippen LogP contribution is -2.24. The van der Waals surface area contributed by atoms with Crippen molar-refractivity contribution in [2.45, 2.75) is 38.3 Å². The molecule has 0 saturated carbocycles. The standard InChI is InChI=1S/C16H22N4O.ClH/c17-11-16-18-15(19-21-16)12-20-9-4-7-14(8-10-20)13-5-2-1-3-6-13;/h1-3,5-6,14H,4,7-12,17H2;1H. The van der Waals surface area contributed by atoms with Crippen molar-refractivity contribution in [1.82, 2.24) is 15.0 Å². The van der Waals surface area contributed by atoms with E-state index in [0.29, 0.717) is 18.4 Å². The Hall–Kier alpha value is -1.43. The van der Waals surface area contributed by atoms with Crippen molar-refractivity contribution >= 4 is 12.4 Å².